The second kappa shape index (κ2) is 4.89. The summed E-state index contributed by atoms with van der Waals surface area (Å²) < 4.78 is 0. The summed E-state index contributed by atoms with van der Waals surface area (Å²) in [6.45, 7) is 2.46. The highest BCUT2D eigenvalue weighted by Gasteiger charge is 2.11. The number of rotatable bonds is 4. The highest BCUT2D eigenvalue weighted by atomic mass is 32.1. The number of carbonyl (C=O) groups is 1. The second-order valence-corrected chi connectivity index (χ2v) is 4.05. The Balaban J connectivity index is 1.93. The number of nitrogens with one attached hydrogen (secondary N) is 2. The highest BCUT2D eigenvalue weighted by molar-refractivity contribution is 7.07. The molecule has 2 aromatic rings. The van der Waals surface area contributed by atoms with E-state index in [0.29, 0.717) is 6.54 Å². The Labute approximate surface area is 96.9 Å². The van der Waals surface area contributed by atoms with Crippen LogP contribution in [0.3, 0.4) is 0 Å². The molecule has 0 saturated heterocycles. The van der Waals surface area contributed by atoms with Gasteiger partial charge in [-0.2, -0.15) is 11.3 Å². The van der Waals surface area contributed by atoms with Crippen LogP contribution in [0.1, 0.15) is 28.9 Å². The molecule has 6 heteroatoms. The van der Waals surface area contributed by atoms with Crippen LogP contribution in [0.25, 0.3) is 0 Å². The quantitative estimate of drug-likeness (QED) is 0.842. The van der Waals surface area contributed by atoms with Gasteiger partial charge in [-0.05, 0) is 22.4 Å². The maximum absolute atomic E-state index is 11.6. The fourth-order valence-electron chi connectivity index (χ4n) is 1.21. The van der Waals surface area contributed by atoms with Crippen LogP contribution >= 0.6 is 11.3 Å². The van der Waals surface area contributed by atoms with E-state index in [4.69, 9.17) is 0 Å². The molecular weight excluding hydrogens is 224 g/mol. The Hall–Kier alpha value is -1.69. The van der Waals surface area contributed by atoms with Crippen molar-refractivity contribution in [1.29, 1.82) is 0 Å². The van der Waals surface area contributed by atoms with Gasteiger partial charge in [0, 0.05) is 13.0 Å². The van der Waals surface area contributed by atoms with Crippen LogP contribution in [-0.4, -0.2) is 21.1 Å². The van der Waals surface area contributed by atoms with E-state index >= 15 is 0 Å². The Bertz CT molecular complexity index is 463. The first-order valence-corrected chi connectivity index (χ1v) is 5.94. The van der Waals surface area contributed by atoms with Gasteiger partial charge < -0.3 is 5.32 Å². The van der Waals surface area contributed by atoms with Gasteiger partial charge in [-0.3, -0.25) is 9.89 Å². The van der Waals surface area contributed by atoms with Crippen LogP contribution in [0.5, 0.6) is 0 Å². The lowest BCUT2D eigenvalue weighted by molar-refractivity contribution is 0.0941. The smallest absolute Gasteiger partial charge is 0.291 e. The maximum Gasteiger partial charge on any atom is 0.291 e. The number of hydrogen-bond acceptors (Lipinski definition) is 4. The summed E-state index contributed by atoms with van der Waals surface area (Å²) in [6, 6.07) is 1.97. The lowest BCUT2D eigenvalue weighted by atomic mass is 10.3. The van der Waals surface area contributed by atoms with E-state index in [0.717, 1.165) is 17.8 Å². The highest BCUT2D eigenvalue weighted by Crippen LogP contribution is 2.05. The van der Waals surface area contributed by atoms with Crippen molar-refractivity contribution in [3.63, 3.8) is 0 Å². The fraction of sp³-hybridized carbons (Fsp3) is 0.300. The molecule has 0 saturated carbocycles. The molecule has 0 aliphatic heterocycles. The minimum absolute atomic E-state index is 0.201. The number of thiophene rings is 1. The molecule has 2 heterocycles. The minimum Gasteiger partial charge on any atom is -0.345 e. The molecule has 0 unspecified atom stereocenters. The van der Waals surface area contributed by atoms with E-state index in [1.807, 2.05) is 23.8 Å². The summed E-state index contributed by atoms with van der Waals surface area (Å²) in [5.74, 6) is 0.676. The van der Waals surface area contributed by atoms with Crippen LogP contribution in [-0.2, 0) is 13.0 Å². The third kappa shape index (κ3) is 2.46. The summed E-state index contributed by atoms with van der Waals surface area (Å²) in [5, 5.41) is 13.3. The van der Waals surface area contributed by atoms with Crippen LogP contribution in [0.4, 0.5) is 0 Å². The van der Waals surface area contributed by atoms with Gasteiger partial charge in [0.15, 0.2) is 0 Å². The summed E-state index contributed by atoms with van der Waals surface area (Å²) in [5.41, 5.74) is 1.09. The molecule has 16 heavy (non-hydrogen) atoms. The summed E-state index contributed by atoms with van der Waals surface area (Å²) in [4.78, 5) is 15.7. The van der Waals surface area contributed by atoms with Crippen LogP contribution in [0.2, 0.25) is 0 Å². The van der Waals surface area contributed by atoms with Gasteiger partial charge >= 0.3 is 0 Å². The molecule has 0 aromatic carbocycles. The summed E-state index contributed by atoms with van der Waals surface area (Å²) >= 11 is 1.61. The number of H-pyrrole nitrogens is 1. The molecule has 0 atom stereocenters. The Morgan fingerprint density at radius 3 is 3.12 bits per heavy atom. The van der Waals surface area contributed by atoms with Crippen molar-refractivity contribution in [1.82, 2.24) is 20.5 Å². The molecule has 0 bridgehead atoms. The number of aromatic nitrogens is 3. The van der Waals surface area contributed by atoms with Crippen molar-refractivity contribution in [3.05, 3.63) is 34.0 Å². The third-order valence-electron chi connectivity index (χ3n) is 2.10. The first kappa shape index (κ1) is 10.8. The Morgan fingerprint density at radius 1 is 1.62 bits per heavy atom. The molecule has 0 radical (unpaired) electrons. The van der Waals surface area contributed by atoms with Crippen molar-refractivity contribution < 1.29 is 4.79 Å². The van der Waals surface area contributed by atoms with Crippen molar-refractivity contribution in [3.8, 4) is 0 Å². The fourth-order valence-corrected chi connectivity index (χ4v) is 1.88. The number of aromatic amines is 1. The second-order valence-electron chi connectivity index (χ2n) is 3.27. The van der Waals surface area contributed by atoms with Crippen molar-refractivity contribution >= 4 is 17.2 Å². The molecule has 0 aliphatic carbocycles. The lowest BCUT2D eigenvalue weighted by Crippen LogP contribution is -2.23. The standard InChI is InChI=1S/C10H12N4OS/c1-2-8-12-9(14-13-8)10(15)11-5-7-3-4-16-6-7/h3-4,6H,2,5H2,1H3,(H,11,15)(H,12,13,14). The van der Waals surface area contributed by atoms with E-state index in [2.05, 4.69) is 20.5 Å². The van der Waals surface area contributed by atoms with E-state index in [1.165, 1.54) is 0 Å². The van der Waals surface area contributed by atoms with Gasteiger partial charge in [-0.1, -0.05) is 6.92 Å². The molecule has 0 fully saturated rings. The van der Waals surface area contributed by atoms with Crippen molar-refractivity contribution in [2.75, 3.05) is 0 Å². The van der Waals surface area contributed by atoms with E-state index < -0.39 is 0 Å². The molecule has 2 N–H and O–H groups in total. The zero-order chi connectivity index (χ0) is 11.4. The van der Waals surface area contributed by atoms with Gasteiger partial charge in [0.1, 0.15) is 5.82 Å². The molecule has 5 nitrogen and oxygen atoms in total. The zero-order valence-electron chi connectivity index (χ0n) is 8.86. The topological polar surface area (TPSA) is 70.7 Å². The molecule has 2 rings (SSSR count). The predicted molar refractivity (Wildman–Crippen MR) is 61.2 cm³/mol. The van der Waals surface area contributed by atoms with Crippen molar-refractivity contribution in [2.24, 2.45) is 0 Å². The number of carbonyl (C=O) groups excluding carboxylic acids is 1. The normalized spacial score (nSPS) is 10.3. The van der Waals surface area contributed by atoms with Gasteiger partial charge in [-0.15, -0.1) is 5.10 Å². The number of nitrogens with zero attached hydrogens (tertiary/aromatic N) is 2. The van der Waals surface area contributed by atoms with Crippen molar-refractivity contribution in [2.45, 2.75) is 19.9 Å². The summed E-state index contributed by atoms with van der Waals surface area (Å²) in [6.07, 6.45) is 0.741. The molecular formula is C10H12N4OS. The van der Waals surface area contributed by atoms with E-state index in [9.17, 15) is 4.79 Å². The molecule has 0 spiro atoms. The predicted octanol–water partition coefficient (Wildman–Crippen LogP) is 1.36. The zero-order valence-corrected chi connectivity index (χ0v) is 9.67. The molecule has 0 aliphatic rings. The average Bonchev–Trinajstić information content (AvgIpc) is 2.96. The van der Waals surface area contributed by atoms with Gasteiger partial charge in [0.2, 0.25) is 5.82 Å². The third-order valence-corrected chi connectivity index (χ3v) is 2.83. The first-order valence-electron chi connectivity index (χ1n) is 5.00. The van der Waals surface area contributed by atoms with Crippen LogP contribution in [0.15, 0.2) is 16.8 Å². The lowest BCUT2D eigenvalue weighted by Gasteiger charge is -1.99. The number of hydrogen-bond donors (Lipinski definition) is 2. The van der Waals surface area contributed by atoms with Crippen LogP contribution in [0, 0.1) is 0 Å². The van der Waals surface area contributed by atoms with Gasteiger partial charge in [-0.25, -0.2) is 4.98 Å². The van der Waals surface area contributed by atoms with Gasteiger partial charge in [0.05, 0.1) is 0 Å². The maximum atomic E-state index is 11.6. The summed E-state index contributed by atoms with van der Waals surface area (Å²) in [7, 11) is 0. The van der Waals surface area contributed by atoms with Crippen LogP contribution < -0.4 is 5.32 Å². The minimum atomic E-state index is -0.248. The SMILES string of the molecule is CCc1nc(C(=O)NCc2ccsc2)n[nH]1. The first-order chi connectivity index (χ1) is 7.79. The molecule has 1 amide bonds. The number of amides is 1. The van der Waals surface area contributed by atoms with Gasteiger partial charge in [0.25, 0.3) is 5.91 Å². The molecule has 84 valence electrons. The van der Waals surface area contributed by atoms with E-state index in [1.54, 1.807) is 11.3 Å². The molecule has 2 aromatic heterocycles. The average molecular weight is 236 g/mol. The Morgan fingerprint density at radius 2 is 2.50 bits per heavy atom. The van der Waals surface area contributed by atoms with E-state index in [-0.39, 0.29) is 11.7 Å². The largest absolute Gasteiger partial charge is 0.345 e. The Kier molecular flexibility index (Phi) is 3.31. The monoisotopic (exact) mass is 236 g/mol. The number of aryl methyl sites for hydroxylation is 1.